The number of aromatic nitrogens is 2. The van der Waals surface area contributed by atoms with Crippen LogP contribution >= 0.6 is 23.2 Å². The number of amides is 1. The first kappa shape index (κ1) is 17.9. The van der Waals surface area contributed by atoms with Gasteiger partial charge in [0, 0.05) is 34.6 Å². The predicted molar refractivity (Wildman–Crippen MR) is 97.8 cm³/mol. The lowest BCUT2D eigenvalue weighted by Crippen LogP contribution is -2.32. The van der Waals surface area contributed by atoms with Crippen LogP contribution in [0.15, 0.2) is 24.3 Å². The number of rotatable bonds is 5. The number of ether oxygens (including phenoxy) is 1. The van der Waals surface area contributed by atoms with Crippen molar-refractivity contribution >= 4 is 40.7 Å². The molecule has 1 aliphatic heterocycles. The maximum Gasteiger partial charge on any atom is 0.270 e. The number of halogens is 2. The largest absolute Gasteiger partial charge is 0.376 e. The smallest absolute Gasteiger partial charge is 0.270 e. The molecule has 2 heterocycles. The van der Waals surface area contributed by atoms with Gasteiger partial charge in [-0.15, -0.1) is 0 Å². The quantitative estimate of drug-likeness (QED) is 0.825. The van der Waals surface area contributed by atoms with Crippen LogP contribution in [0.25, 0.3) is 0 Å². The van der Waals surface area contributed by atoms with E-state index in [1.165, 1.54) is 0 Å². The van der Waals surface area contributed by atoms with E-state index in [1.54, 1.807) is 31.2 Å². The van der Waals surface area contributed by atoms with E-state index in [4.69, 9.17) is 27.9 Å². The number of nitrogens with zero attached hydrogens (tertiary/aromatic N) is 2. The van der Waals surface area contributed by atoms with Gasteiger partial charge in [-0.3, -0.25) is 4.79 Å². The van der Waals surface area contributed by atoms with Crippen molar-refractivity contribution in [2.75, 3.05) is 18.5 Å². The van der Waals surface area contributed by atoms with E-state index in [0.717, 1.165) is 19.4 Å². The Morgan fingerprint density at radius 3 is 2.68 bits per heavy atom. The number of benzene rings is 1. The van der Waals surface area contributed by atoms with Crippen LogP contribution in [0.1, 0.15) is 29.0 Å². The van der Waals surface area contributed by atoms with Gasteiger partial charge in [-0.25, -0.2) is 9.97 Å². The minimum atomic E-state index is -0.256. The van der Waals surface area contributed by atoms with Crippen molar-refractivity contribution in [1.29, 1.82) is 0 Å². The van der Waals surface area contributed by atoms with Crippen LogP contribution in [0.4, 0.5) is 11.6 Å². The van der Waals surface area contributed by atoms with Gasteiger partial charge in [0.15, 0.2) is 0 Å². The first-order valence-corrected chi connectivity index (χ1v) is 8.74. The number of nitrogens with one attached hydrogen (secondary N) is 2. The molecule has 0 radical (unpaired) electrons. The fourth-order valence-electron chi connectivity index (χ4n) is 2.60. The molecule has 1 atom stereocenters. The normalized spacial score (nSPS) is 16.7. The molecule has 1 saturated heterocycles. The lowest BCUT2D eigenvalue weighted by molar-refractivity contribution is 0.0853. The zero-order valence-corrected chi connectivity index (χ0v) is 15.2. The molecular formula is C17H18Cl2N4O2. The second-order valence-electron chi connectivity index (χ2n) is 5.85. The summed E-state index contributed by atoms with van der Waals surface area (Å²) >= 11 is 12.0. The molecule has 132 valence electrons. The van der Waals surface area contributed by atoms with Crippen LogP contribution in [0.2, 0.25) is 10.0 Å². The molecule has 2 N–H and O–H groups in total. The lowest BCUT2D eigenvalue weighted by atomic mass is 10.2. The van der Waals surface area contributed by atoms with E-state index in [0.29, 0.717) is 39.6 Å². The molecule has 1 aliphatic rings. The summed E-state index contributed by atoms with van der Waals surface area (Å²) in [6, 6.07) is 6.68. The summed E-state index contributed by atoms with van der Waals surface area (Å²) in [6.45, 7) is 3.03. The summed E-state index contributed by atoms with van der Waals surface area (Å²) in [7, 11) is 0. The number of hydrogen-bond acceptors (Lipinski definition) is 5. The Morgan fingerprint density at radius 1 is 1.24 bits per heavy atom. The average molecular weight is 381 g/mol. The second-order valence-corrected chi connectivity index (χ2v) is 6.72. The van der Waals surface area contributed by atoms with Crippen molar-refractivity contribution in [1.82, 2.24) is 15.3 Å². The summed E-state index contributed by atoms with van der Waals surface area (Å²) in [5.74, 6) is 0.0498. The highest BCUT2D eigenvalue weighted by Gasteiger charge is 2.18. The van der Waals surface area contributed by atoms with Crippen LogP contribution < -0.4 is 10.6 Å². The molecule has 0 spiro atoms. The maximum absolute atomic E-state index is 12.3. The van der Waals surface area contributed by atoms with Gasteiger partial charge in [-0.1, -0.05) is 23.2 Å². The van der Waals surface area contributed by atoms with E-state index < -0.39 is 0 Å². The number of carbonyl (C=O) groups is 1. The molecule has 0 bridgehead atoms. The van der Waals surface area contributed by atoms with Gasteiger partial charge in [-0.05, 0) is 44.0 Å². The summed E-state index contributed by atoms with van der Waals surface area (Å²) in [5, 5.41) is 6.87. The Labute approximate surface area is 155 Å². The second kappa shape index (κ2) is 7.99. The molecule has 1 aromatic heterocycles. The first-order valence-electron chi connectivity index (χ1n) is 7.98. The Bertz CT molecular complexity index is 759. The van der Waals surface area contributed by atoms with Gasteiger partial charge in [-0.2, -0.15) is 0 Å². The molecule has 1 unspecified atom stereocenters. The zero-order chi connectivity index (χ0) is 17.8. The predicted octanol–water partition coefficient (Wildman–Crippen LogP) is 3.74. The summed E-state index contributed by atoms with van der Waals surface area (Å²) in [5.41, 5.74) is 1.61. The lowest BCUT2D eigenvalue weighted by Gasteiger charge is -2.12. The number of carbonyl (C=O) groups excluding carboxylic acids is 1. The third-order valence-electron chi connectivity index (χ3n) is 3.72. The van der Waals surface area contributed by atoms with E-state index >= 15 is 0 Å². The highest BCUT2D eigenvalue weighted by Crippen LogP contribution is 2.24. The standard InChI is InChI=1S/C17H18Cl2N4O2/c1-10-5-15(16(24)20-9-14-3-2-4-25-14)23-17(21-10)22-13-7-11(18)6-12(19)8-13/h5-8,14H,2-4,9H2,1H3,(H,20,24)(H,21,22,23). The van der Waals surface area contributed by atoms with Gasteiger partial charge in [0.05, 0.1) is 6.10 Å². The Hall–Kier alpha value is -1.89. The Balaban J connectivity index is 1.71. The monoisotopic (exact) mass is 380 g/mol. The third-order valence-corrected chi connectivity index (χ3v) is 4.16. The van der Waals surface area contributed by atoms with Gasteiger partial charge < -0.3 is 15.4 Å². The van der Waals surface area contributed by atoms with E-state index in [2.05, 4.69) is 20.6 Å². The molecular weight excluding hydrogens is 363 g/mol. The molecule has 1 amide bonds. The van der Waals surface area contributed by atoms with Crippen molar-refractivity contribution in [3.05, 3.63) is 45.7 Å². The van der Waals surface area contributed by atoms with Gasteiger partial charge in [0.25, 0.3) is 5.91 Å². The topological polar surface area (TPSA) is 76.1 Å². The minimum Gasteiger partial charge on any atom is -0.376 e. The molecule has 6 nitrogen and oxygen atoms in total. The van der Waals surface area contributed by atoms with Crippen molar-refractivity contribution < 1.29 is 9.53 Å². The average Bonchev–Trinajstić information content (AvgIpc) is 3.04. The molecule has 3 rings (SSSR count). The zero-order valence-electron chi connectivity index (χ0n) is 13.7. The molecule has 25 heavy (non-hydrogen) atoms. The molecule has 1 aromatic carbocycles. The van der Waals surface area contributed by atoms with E-state index in [1.807, 2.05) is 0 Å². The van der Waals surface area contributed by atoms with Crippen LogP contribution in [-0.2, 0) is 4.74 Å². The first-order chi connectivity index (χ1) is 12.0. The Morgan fingerprint density at radius 2 is 2.00 bits per heavy atom. The highest BCUT2D eigenvalue weighted by atomic mass is 35.5. The van der Waals surface area contributed by atoms with Crippen molar-refractivity contribution in [3.8, 4) is 0 Å². The van der Waals surface area contributed by atoms with Crippen molar-refractivity contribution in [2.45, 2.75) is 25.9 Å². The SMILES string of the molecule is Cc1cc(C(=O)NCC2CCCO2)nc(Nc2cc(Cl)cc(Cl)c2)n1. The highest BCUT2D eigenvalue weighted by molar-refractivity contribution is 6.35. The van der Waals surface area contributed by atoms with Crippen molar-refractivity contribution in [2.24, 2.45) is 0 Å². The fraction of sp³-hybridized carbons (Fsp3) is 0.353. The summed E-state index contributed by atoms with van der Waals surface area (Å²) in [6.07, 6.45) is 2.08. The molecule has 2 aromatic rings. The van der Waals surface area contributed by atoms with Gasteiger partial charge in [0.1, 0.15) is 5.69 Å². The number of aryl methyl sites for hydroxylation is 1. The van der Waals surface area contributed by atoms with Gasteiger partial charge >= 0.3 is 0 Å². The van der Waals surface area contributed by atoms with Crippen LogP contribution in [0.5, 0.6) is 0 Å². The van der Waals surface area contributed by atoms with Crippen LogP contribution in [-0.4, -0.2) is 35.1 Å². The molecule has 0 saturated carbocycles. The van der Waals surface area contributed by atoms with Gasteiger partial charge in [0.2, 0.25) is 5.95 Å². The van der Waals surface area contributed by atoms with Crippen LogP contribution in [0.3, 0.4) is 0 Å². The maximum atomic E-state index is 12.3. The number of hydrogen-bond donors (Lipinski definition) is 2. The summed E-state index contributed by atoms with van der Waals surface area (Å²) in [4.78, 5) is 20.9. The minimum absolute atomic E-state index is 0.0816. The summed E-state index contributed by atoms with van der Waals surface area (Å²) < 4.78 is 5.50. The third kappa shape index (κ3) is 5.04. The molecule has 1 fully saturated rings. The van der Waals surface area contributed by atoms with E-state index in [9.17, 15) is 4.79 Å². The Kier molecular flexibility index (Phi) is 5.73. The molecule has 0 aliphatic carbocycles. The fourth-order valence-corrected chi connectivity index (χ4v) is 3.12. The van der Waals surface area contributed by atoms with Crippen LogP contribution in [0, 0.1) is 6.92 Å². The molecule has 8 heteroatoms. The van der Waals surface area contributed by atoms with Crippen molar-refractivity contribution in [3.63, 3.8) is 0 Å². The number of anilines is 2. The van der Waals surface area contributed by atoms with E-state index in [-0.39, 0.29) is 12.0 Å².